The van der Waals surface area contributed by atoms with Gasteiger partial charge in [-0.25, -0.2) is 8.42 Å². The van der Waals surface area contributed by atoms with Gasteiger partial charge in [-0.15, -0.1) is 0 Å². The van der Waals surface area contributed by atoms with Gasteiger partial charge in [-0.3, -0.25) is 15.0 Å². The first-order chi connectivity index (χ1) is 13.6. The van der Waals surface area contributed by atoms with Crippen molar-refractivity contribution in [3.8, 4) is 0 Å². The van der Waals surface area contributed by atoms with E-state index in [4.69, 9.17) is 0 Å². The maximum Gasteiger partial charge on any atom is 0.416 e. The lowest BCUT2D eigenvalue weighted by Crippen LogP contribution is -2.48. The molecule has 0 spiro atoms. The van der Waals surface area contributed by atoms with E-state index in [9.17, 15) is 31.7 Å². The molecule has 29 heavy (non-hydrogen) atoms. The molecule has 1 saturated heterocycles. The highest BCUT2D eigenvalue weighted by molar-refractivity contribution is 7.89. The molecule has 7 nitrogen and oxygen atoms in total. The summed E-state index contributed by atoms with van der Waals surface area (Å²) in [6.45, 7) is 0.860. The maximum absolute atomic E-state index is 13.1. The van der Waals surface area contributed by atoms with E-state index in [2.05, 4.69) is 0 Å². The highest BCUT2D eigenvalue weighted by atomic mass is 32.2. The van der Waals surface area contributed by atoms with Gasteiger partial charge in [0.05, 0.1) is 15.4 Å². The molecule has 2 aromatic carbocycles. The Labute approximate surface area is 165 Å². The lowest BCUT2D eigenvalue weighted by atomic mass is 10.1. The second-order valence-corrected chi connectivity index (χ2v) is 8.52. The Balaban J connectivity index is 1.67. The van der Waals surface area contributed by atoms with Gasteiger partial charge in [0.15, 0.2) is 0 Å². The number of nitrogens with zero attached hydrogens (tertiary/aromatic N) is 3. The Bertz CT molecular complexity index is 986. The molecule has 1 heterocycles. The number of non-ortho nitro benzene ring substituents is 1. The van der Waals surface area contributed by atoms with Crippen molar-refractivity contribution in [1.82, 2.24) is 9.21 Å². The Kier molecular flexibility index (Phi) is 5.92. The molecule has 0 radical (unpaired) electrons. The van der Waals surface area contributed by atoms with Gasteiger partial charge in [-0.1, -0.05) is 18.2 Å². The summed E-state index contributed by atoms with van der Waals surface area (Å²) in [5.41, 5.74) is -0.760. The van der Waals surface area contributed by atoms with E-state index >= 15 is 0 Å². The van der Waals surface area contributed by atoms with Crippen molar-refractivity contribution in [2.75, 3.05) is 26.2 Å². The second kappa shape index (κ2) is 8.09. The normalized spacial score (nSPS) is 16.7. The first kappa shape index (κ1) is 21.2. The Morgan fingerprint density at radius 3 is 2.10 bits per heavy atom. The molecule has 11 heteroatoms. The molecule has 0 unspecified atom stereocenters. The molecule has 3 rings (SSSR count). The third-order valence-electron chi connectivity index (χ3n) is 4.73. The molecular weight excluding hydrogens is 411 g/mol. The van der Waals surface area contributed by atoms with Crippen LogP contribution in [-0.2, 0) is 22.7 Å². The summed E-state index contributed by atoms with van der Waals surface area (Å²) in [7, 11) is -3.83. The molecule has 0 bridgehead atoms. The van der Waals surface area contributed by atoms with E-state index in [-0.39, 0.29) is 48.9 Å². The Morgan fingerprint density at radius 1 is 0.966 bits per heavy atom. The van der Waals surface area contributed by atoms with Crippen molar-refractivity contribution in [2.24, 2.45) is 0 Å². The largest absolute Gasteiger partial charge is 0.416 e. The third kappa shape index (κ3) is 4.74. The fourth-order valence-electron chi connectivity index (χ4n) is 3.19. The number of hydrogen-bond donors (Lipinski definition) is 0. The Morgan fingerprint density at radius 2 is 1.55 bits per heavy atom. The van der Waals surface area contributed by atoms with Crippen LogP contribution in [0.2, 0.25) is 0 Å². The lowest BCUT2D eigenvalue weighted by molar-refractivity contribution is -0.384. The van der Waals surface area contributed by atoms with Crippen LogP contribution < -0.4 is 0 Å². The van der Waals surface area contributed by atoms with Crippen molar-refractivity contribution in [3.63, 3.8) is 0 Å². The predicted octanol–water partition coefficient (Wildman–Crippen LogP) is 3.12. The molecule has 1 aliphatic heterocycles. The minimum Gasteiger partial charge on any atom is -0.296 e. The van der Waals surface area contributed by atoms with Crippen molar-refractivity contribution < 1.29 is 26.5 Å². The molecule has 1 aliphatic rings. The number of benzene rings is 2. The van der Waals surface area contributed by atoms with Crippen LogP contribution in [0.5, 0.6) is 0 Å². The third-order valence-corrected chi connectivity index (χ3v) is 6.65. The van der Waals surface area contributed by atoms with Crippen molar-refractivity contribution in [3.05, 3.63) is 69.8 Å². The molecule has 0 saturated carbocycles. The molecule has 156 valence electrons. The monoisotopic (exact) mass is 429 g/mol. The number of rotatable bonds is 5. The van der Waals surface area contributed by atoms with E-state index in [1.54, 1.807) is 11.0 Å². The summed E-state index contributed by atoms with van der Waals surface area (Å²) in [4.78, 5) is 11.8. The Hall–Kier alpha value is -2.50. The van der Waals surface area contributed by atoms with Crippen LogP contribution in [0.25, 0.3) is 0 Å². The molecule has 0 amide bonds. The number of alkyl halides is 3. The second-order valence-electron chi connectivity index (χ2n) is 6.59. The van der Waals surface area contributed by atoms with Crippen LogP contribution in [-0.4, -0.2) is 48.7 Å². The van der Waals surface area contributed by atoms with Crippen LogP contribution in [0, 0.1) is 10.1 Å². The molecular formula is C18H18F3N3O4S. The zero-order valence-electron chi connectivity index (χ0n) is 15.2. The molecule has 0 aromatic heterocycles. The average Bonchev–Trinajstić information content (AvgIpc) is 2.68. The zero-order chi connectivity index (χ0) is 21.2. The number of hydrogen-bond acceptors (Lipinski definition) is 5. The van der Waals surface area contributed by atoms with Crippen molar-refractivity contribution >= 4 is 15.7 Å². The molecule has 0 aliphatic carbocycles. The number of sulfonamides is 1. The van der Waals surface area contributed by atoms with E-state index in [0.29, 0.717) is 0 Å². The van der Waals surface area contributed by atoms with Gasteiger partial charge in [-0.05, 0) is 23.8 Å². The summed E-state index contributed by atoms with van der Waals surface area (Å²) in [5, 5.41) is 10.7. The van der Waals surface area contributed by atoms with Crippen LogP contribution >= 0.6 is 0 Å². The van der Waals surface area contributed by atoms with E-state index in [1.165, 1.54) is 28.6 Å². The van der Waals surface area contributed by atoms with Crippen LogP contribution in [0.1, 0.15) is 11.1 Å². The highest BCUT2D eigenvalue weighted by Gasteiger charge is 2.34. The number of nitro benzene ring substituents is 1. The molecule has 0 atom stereocenters. The molecule has 0 N–H and O–H groups in total. The van der Waals surface area contributed by atoms with Gasteiger partial charge in [0.1, 0.15) is 0 Å². The fourth-order valence-corrected chi connectivity index (χ4v) is 4.61. The minimum absolute atomic E-state index is 0.0565. The van der Waals surface area contributed by atoms with Crippen molar-refractivity contribution in [1.29, 1.82) is 0 Å². The first-order valence-corrected chi connectivity index (χ1v) is 10.1. The number of piperazine rings is 1. The maximum atomic E-state index is 13.1. The number of halogens is 3. The highest BCUT2D eigenvalue weighted by Crippen LogP contribution is 2.32. The smallest absolute Gasteiger partial charge is 0.296 e. The summed E-state index contributed by atoms with van der Waals surface area (Å²) >= 11 is 0. The summed E-state index contributed by atoms with van der Waals surface area (Å²) in [6, 6.07) is 9.93. The van der Waals surface area contributed by atoms with Gasteiger partial charge < -0.3 is 0 Å². The topological polar surface area (TPSA) is 83.8 Å². The predicted molar refractivity (Wildman–Crippen MR) is 98.6 cm³/mol. The summed E-state index contributed by atoms with van der Waals surface area (Å²) in [6.07, 6.45) is -4.45. The van der Waals surface area contributed by atoms with Gasteiger partial charge in [0.25, 0.3) is 5.69 Å². The van der Waals surface area contributed by atoms with Gasteiger partial charge in [0.2, 0.25) is 10.0 Å². The first-order valence-electron chi connectivity index (χ1n) is 8.71. The standard InChI is InChI=1S/C18H18F3N3O4S/c19-18(20,21)17-4-2-1-3-14(17)13-22-9-11-23(12-10-22)29(27,28)16-7-5-15(6-8-16)24(25)26/h1-8H,9-13H2. The van der Waals surface area contributed by atoms with Crippen LogP contribution in [0.15, 0.2) is 53.4 Å². The van der Waals surface area contributed by atoms with Gasteiger partial charge >= 0.3 is 6.18 Å². The minimum atomic E-state index is -4.45. The van der Waals surface area contributed by atoms with E-state index in [1.807, 2.05) is 0 Å². The van der Waals surface area contributed by atoms with Gasteiger partial charge in [-0.2, -0.15) is 17.5 Å². The SMILES string of the molecule is O=[N+]([O-])c1ccc(S(=O)(=O)N2CCN(Cc3ccccc3C(F)(F)F)CC2)cc1. The average molecular weight is 429 g/mol. The molecule has 1 fully saturated rings. The van der Waals surface area contributed by atoms with E-state index in [0.717, 1.165) is 18.2 Å². The van der Waals surface area contributed by atoms with Crippen LogP contribution in [0.3, 0.4) is 0 Å². The quantitative estimate of drug-likeness (QED) is 0.539. The zero-order valence-corrected chi connectivity index (χ0v) is 16.0. The number of nitro groups is 1. The summed E-state index contributed by atoms with van der Waals surface area (Å²) < 4.78 is 66.1. The molecule has 2 aromatic rings. The van der Waals surface area contributed by atoms with Gasteiger partial charge in [0, 0.05) is 44.9 Å². The fraction of sp³-hybridized carbons (Fsp3) is 0.333. The summed E-state index contributed by atoms with van der Waals surface area (Å²) in [5.74, 6) is 0. The lowest BCUT2D eigenvalue weighted by Gasteiger charge is -2.34. The van der Waals surface area contributed by atoms with Crippen LogP contribution in [0.4, 0.5) is 18.9 Å². The van der Waals surface area contributed by atoms with E-state index < -0.39 is 26.7 Å². The van der Waals surface area contributed by atoms with Crippen molar-refractivity contribution in [2.45, 2.75) is 17.6 Å².